The van der Waals surface area contributed by atoms with Crippen LogP contribution in [0.1, 0.15) is 11.1 Å². The monoisotopic (exact) mass is 451 g/mol. The molecule has 4 nitrogen and oxygen atoms in total. The summed E-state index contributed by atoms with van der Waals surface area (Å²) in [5.41, 5.74) is 1.47. The highest BCUT2D eigenvalue weighted by atomic mass is 35.5. The number of nitrogens with zero attached hydrogens (tertiary/aromatic N) is 1. The maximum atomic E-state index is 12.3. The summed E-state index contributed by atoms with van der Waals surface area (Å²) >= 11 is 19.3. The number of terminal acetylenes is 1. The van der Waals surface area contributed by atoms with Gasteiger partial charge in [-0.15, -0.1) is 6.42 Å². The van der Waals surface area contributed by atoms with E-state index in [9.17, 15) is 9.59 Å². The molecule has 0 bridgehead atoms. The molecule has 1 aliphatic rings. The number of hydrogen-bond donors (Lipinski definition) is 0. The van der Waals surface area contributed by atoms with E-state index in [2.05, 4.69) is 5.92 Å². The predicted molar refractivity (Wildman–Crippen MR) is 114 cm³/mol. The van der Waals surface area contributed by atoms with Crippen molar-refractivity contribution in [1.29, 1.82) is 0 Å². The minimum atomic E-state index is -0.441. The molecule has 0 aliphatic carbocycles. The fourth-order valence-electron chi connectivity index (χ4n) is 2.42. The zero-order chi connectivity index (χ0) is 20.3. The van der Waals surface area contributed by atoms with E-state index >= 15 is 0 Å². The van der Waals surface area contributed by atoms with Crippen LogP contribution in [0.25, 0.3) is 6.08 Å². The Kier molecular flexibility index (Phi) is 6.58. The first kappa shape index (κ1) is 20.6. The fraction of sp³-hybridized carbons (Fsp3) is 0.100. The lowest BCUT2D eigenvalue weighted by molar-refractivity contribution is -0.122. The highest BCUT2D eigenvalue weighted by Crippen LogP contribution is 2.37. The van der Waals surface area contributed by atoms with Gasteiger partial charge in [0.05, 0.1) is 21.5 Å². The molecule has 1 saturated heterocycles. The van der Waals surface area contributed by atoms with Crippen LogP contribution in [0.4, 0.5) is 4.79 Å². The van der Waals surface area contributed by atoms with Crippen LogP contribution in [0.2, 0.25) is 15.1 Å². The standard InChI is InChI=1S/C20H12Cl3NO3S/c1-2-7-24-19(25)17(28-20(24)26)10-13-8-15(22)18(16(23)9-13)27-11-12-3-5-14(21)6-4-12/h1,3-6,8-10H,7,11H2/b17-10+. The Morgan fingerprint density at radius 3 is 2.36 bits per heavy atom. The Morgan fingerprint density at radius 2 is 1.75 bits per heavy atom. The van der Waals surface area contributed by atoms with E-state index in [1.54, 1.807) is 30.3 Å². The number of carbonyl (C=O) groups excluding carboxylic acids is 2. The van der Waals surface area contributed by atoms with Crippen molar-refractivity contribution >= 4 is 63.8 Å². The molecule has 0 atom stereocenters. The number of thioether (sulfide) groups is 1. The molecule has 8 heteroatoms. The molecule has 1 fully saturated rings. The smallest absolute Gasteiger partial charge is 0.294 e. The van der Waals surface area contributed by atoms with Crippen LogP contribution in [0.3, 0.4) is 0 Å². The molecule has 28 heavy (non-hydrogen) atoms. The van der Waals surface area contributed by atoms with Gasteiger partial charge < -0.3 is 4.74 Å². The Bertz CT molecular complexity index is 989. The van der Waals surface area contributed by atoms with E-state index in [1.165, 1.54) is 0 Å². The summed E-state index contributed by atoms with van der Waals surface area (Å²) in [4.78, 5) is 25.4. The van der Waals surface area contributed by atoms with Gasteiger partial charge in [0.15, 0.2) is 5.75 Å². The molecular formula is C20H12Cl3NO3S. The van der Waals surface area contributed by atoms with E-state index < -0.39 is 11.1 Å². The number of imide groups is 1. The first-order valence-corrected chi connectivity index (χ1v) is 9.89. The summed E-state index contributed by atoms with van der Waals surface area (Å²) in [6, 6.07) is 10.4. The van der Waals surface area contributed by atoms with Gasteiger partial charge in [-0.2, -0.15) is 0 Å². The topological polar surface area (TPSA) is 46.6 Å². The van der Waals surface area contributed by atoms with E-state index in [0.717, 1.165) is 22.2 Å². The van der Waals surface area contributed by atoms with Crippen molar-refractivity contribution in [3.05, 3.63) is 67.5 Å². The summed E-state index contributed by atoms with van der Waals surface area (Å²) in [5, 5.41) is 0.802. The van der Waals surface area contributed by atoms with Crippen LogP contribution in [-0.2, 0) is 11.4 Å². The lowest BCUT2D eigenvalue weighted by Gasteiger charge is -2.11. The lowest BCUT2D eigenvalue weighted by atomic mass is 10.2. The van der Waals surface area contributed by atoms with Gasteiger partial charge in [-0.05, 0) is 53.2 Å². The zero-order valence-electron chi connectivity index (χ0n) is 14.2. The SMILES string of the molecule is C#CCN1C(=O)S/C(=C/c2cc(Cl)c(OCc3ccc(Cl)cc3)c(Cl)c2)C1=O. The van der Waals surface area contributed by atoms with Crippen LogP contribution in [-0.4, -0.2) is 22.6 Å². The number of ether oxygens (including phenoxy) is 1. The van der Waals surface area contributed by atoms with Gasteiger partial charge >= 0.3 is 0 Å². The second-order valence-electron chi connectivity index (χ2n) is 5.70. The predicted octanol–water partition coefficient (Wildman–Crippen LogP) is 5.90. The average molecular weight is 453 g/mol. The van der Waals surface area contributed by atoms with Gasteiger partial charge in [0.1, 0.15) is 6.61 Å². The van der Waals surface area contributed by atoms with Crippen LogP contribution in [0, 0.1) is 12.3 Å². The summed E-state index contributed by atoms with van der Waals surface area (Å²) in [7, 11) is 0. The van der Waals surface area contributed by atoms with Crippen molar-refractivity contribution in [3.8, 4) is 18.1 Å². The van der Waals surface area contributed by atoms with Gasteiger partial charge in [-0.25, -0.2) is 0 Å². The van der Waals surface area contributed by atoms with Gasteiger partial charge in [0, 0.05) is 5.02 Å². The van der Waals surface area contributed by atoms with Crippen molar-refractivity contribution in [2.75, 3.05) is 6.54 Å². The summed E-state index contributed by atoms with van der Waals surface area (Å²) in [5.74, 6) is 2.18. The maximum Gasteiger partial charge on any atom is 0.294 e. The molecule has 2 aromatic carbocycles. The first-order chi connectivity index (χ1) is 13.4. The third kappa shape index (κ3) is 4.65. The summed E-state index contributed by atoms with van der Waals surface area (Å²) in [6.07, 6.45) is 6.73. The Balaban J connectivity index is 1.78. The summed E-state index contributed by atoms with van der Waals surface area (Å²) in [6.45, 7) is 0.196. The largest absolute Gasteiger partial charge is 0.486 e. The van der Waals surface area contributed by atoms with Crippen molar-refractivity contribution in [3.63, 3.8) is 0 Å². The first-order valence-electron chi connectivity index (χ1n) is 7.94. The van der Waals surface area contributed by atoms with Gasteiger partial charge in [0.25, 0.3) is 11.1 Å². The van der Waals surface area contributed by atoms with Crippen LogP contribution >= 0.6 is 46.6 Å². The van der Waals surface area contributed by atoms with E-state index in [1.807, 2.05) is 12.1 Å². The van der Waals surface area contributed by atoms with Crippen LogP contribution < -0.4 is 4.74 Å². The second kappa shape index (κ2) is 8.93. The van der Waals surface area contributed by atoms with Crippen LogP contribution in [0.15, 0.2) is 41.3 Å². The number of benzene rings is 2. The molecule has 142 valence electrons. The molecule has 3 rings (SSSR count). The Morgan fingerprint density at radius 1 is 1.11 bits per heavy atom. The minimum absolute atomic E-state index is 0.0685. The molecule has 1 aliphatic heterocycles. The Labute approximate surface area is 181 Å². The zero-order valence-corrected chi connectivity index (χ0v) is 17.3. The van der Waals surface area contributed by atoms with Gasteiger partial charge in [-0.1, -0.05) is 52.9 Å². The maximum absolute atomic E-state index is 12.3. The third-order valence-corrected chi connectivity index (χ3v) is 5.46. The second-order valence-corrected chi connectivity index (χ2v) is 7.94. The molecule has 0 spiro atoms. The molecule has 0 N–H and O–H groups in total. The van der Waals surface area contributed by atoms with Crippen molar-refractivity contribution in [1.82, 2.24) is 4.90 Å². The highest BCUT2D eigenvalue weighted by molar-refractivity contribution is 8.18. The number of hydrogen-bond acceptors (Lipinski definition) is 4. The fourth-order valence-corrected chi connectivity index (χ4v) is 3.99. The average Bonchev–Trinajstić information content (AvgIpc) is 2.90. The highest BCUT2D eigenvalue weighted by Gasteiger charge is 2.34. The normalized spacial score (nSPS) is 15.2. The van der Waals surface area contributed by atoms with E-state index in [4.69, 9.17) is 46.0 Å². The van der Waals surface area contributed by atoms with E-state index in [0.29, 0.717) is 16.3 Å². The molecular weight excluding hydrogens is 441 g/mol. The van der Waals surface area contributed by atoms with Crippen molar-refractivity contribution in [2.24, 2.45) is 0 Å². The molecule has 0 saturated carbocycles. The number of amides is 2. The molecule has 0 unspecified atom stereocenters. The minimum Gasteiger partial charge on any atom is -0.486 e. The van der Waals surface area contributed by atoms with E-state index in [-0.39, 0.29) is 28.1 Å². The lowest BCUT2D eigenvalue weighted by Crippen LogP contribution is -2.28. The molecule has 2 aromatic rings. The molecule has 0 radical (unpaired) electrons. The Hall–Kier alpha value is -2.10. The summed E-state index contributed by atoms with van der Waals surface area (Å²) < 4.78 is 5.72. The van der Waals surface area contributed by atoms with Gasteiger partial charge in [0.2, 0.25) is 0 Å². The third-order valence-electron chi connectivity index (χ3n) is 3.74. The van der Waals surface area contributed by atoms with Crippen molar-refractivity contribution < 1.29 is 14.3 Å². The number of carbonyl (C=O) groups is 2. The van der Waals surface area contributed by atoms with Crippen molar-refractivity contribution in [2.45, 2.75) is 6.61 Å². The number of rotatable bonds is 5. The number of halogens is 3. The van der Waals surface area contributed by atoms with Gasteiger partial charge in [-0.3, -0.25) is 14.5 Å². The quantitative estimate of drug-likeness (QED) is 0.419. The van der Waals surface area contributed by atoms with Crippen LogP contribution in [0.5, 0.6) is 5.75 Å². The molecule has 0 aromatic heterocycles. The molecule has 1 heterocycles. The molecule has 2 amide bonds.